The van der Waals surface area contributed by atoms with Gasteiger partial charge in [-0.05, 0) is 42.4 Å². The van der Waals surface area contributed by atoms with E-state index < -0.39 is 0 Å². The lowest BCUT2D eigenvalue weighted by molar-refractivity contribution is 0.0701. The van der Waals surface area contributed by atoms with Crippen LogP contribution in [0.25, 0.3) is 0 Å². The van der Waals surface area contributed by atoms with Gasteiger partial charge in [0, 0.05) is 0 Å². The molecule has 0 nitrogen and oxygen atoms in total. The largest absolute Gasteiger partial charge is 0.0651 e. The fraction of sp³-hybridized carbons (Fsp3) is 1.00. The second kappa shape index (κ2) is 2.75. The highest BCUT2D eigenvalue weighted by Crippen LogP contribution is 2.71. The fourth-order valence-electron chi connectivity index (χ4n) is 3.53. The van der Waals surface area contributed by atoms with Crippen LogP contribution < -0.4 is 0 Å². The molecule has 2 aliphatic rings. The van der Waals surface area contributed by atoms with E-state index in [1.165, 1.54) is 19.3 Å². The van der Waals surface area contributed by atoms with Gasteiger partial charge in [-0.15, -0.1) is 0 Å². The van der Waals surface area contributed by atoms with E-state index in [-0.39, 0.29) is 0 Å². The quantitative estimate of drug-likeness (QED) is 0.597. The monoisotopic (exact) mass is 166 g/mol. The average Bonchev–Trinajstić information content (AvgIpc) is 2.78. The molecule has 0 amide bonds. The third-order valence-corrected chi connectivity index (χ3v) is 4.76. The summed E-state index contributed by atoms with van der Waals surface area (Å²) in [5, 5.41) is 0. The van der Waals surface area contributed by atoms with Crippen LogP contribution in [0.2, 0.25) is 0 Å². The van der Waals surface area contributed by atoms with Crippen molar-refractivity contribution in [3.05, 3.63) is 0 Å². The lowest BCUT2D eigenvalue weighted by Gasteiger charge is -2.42. The molecule has 0 aromatic heterocycles. The van der Waals surface area contributed by atoms with Crippen molar-refractivity contribution in [1.82, 2.24) is 0 Å². The maximum absolute atomic E-state index is 2.45. The molecule has 2 fully saturated rings. The van der Waals surface area contributed by atoms with Gasteiger partial charge < -0.3 is 0 Å². The molecule has 0 bridgehead atoms. The first-order valence-electron chi connectivity index (χ1n) is 5.74. The summed E-state index contributed by atoms with van der Waals surface area (Å²) in [6.07, 6.45) is 7.49. The second-order valence-corrected chi connectivity index (χ2v) is 5.07. The second-order valence-electron chi connectivity index (χ2n) is 5.07. The van der Waals surface area contributed by atoms with Gasteiger partial charge in [-0.1, -0.05) is 33.6 Å². The summed E-state index contributed by atoms with van der Waals surface area (Å²) >= 11 is 0. The van der Waals surface area contributed by atoms with Crippen LogP contribution in [0.4, 0.5) is 0 Å². The Morgan fingerprint density at radius 3 is 2.50 bits per heavy atom. The van der Waals surface area contributed by atoms with Gasteiger partial charge in [0.1, 0.15) is 0 Å². The molecule has 0 heteroatoms. The van der Waals surface area contributed by atoms with Crippen LogP contribution in [-0.2, 0) is 0 Å². The van der Waals surface area contributed by atoms with E-state index in [1.807, 2.05) is 0 Å². The van der Waals surface area contributed by atoms with Gasteiger partial charge in [-0.3, -0.25) is 0 Å². The van der Waals surface area contributed by atoms with Gasteiger partial charge in [-0.25, -0.2) is 0 Å². The highest BCUT2D eigenvalue weighted by atomic mass is 14.7. The van der Waals surface area contributed by atoms with Crippen LogP contribution in [0.3, 0.4) is 0 Å². The van der Waals surface area contributed by atoms with Gasteiger partial charge in [0.25, 0.3) is 0 Å². The minimum atomic E-state index is 0.879. The van der Waals surface area contributed by atoms with Crippen molar-refractivity contribution in [2.75, 3.05) is 0 Å². The molecule has 4 atom stereocenters. The lowest BCUT2D eigenvalue weighted by Crippen LogP contribution is -2.34. The molecule has 0 N–H and O–H groups in total. The summed E-state index contributed by atoms with van der Waals surface area (Å²) in [4.78, 5) is 0. The van der Waals surface area contributed by atoms with Crippen molar-refractivity contribution in [3.8, 4) is 0 Å². The molecule has 0 saturated heterocycles. The zero-order chi connectivity index (χ0) is 8.77. The summed E-state index contributed by atoms with van der Waals surface area (Å²) < 4.78 is 0. The molecule has 2 aliphatic carbocycles. The highest BCUT2D eigenvalue weighted by Gasteiger charge is 2.62. The van der Waals surface area contributed by atoms with Crippen LogP contribution in [0, 0.1) is 23.2 Å². The molecule has 2 rings (SSSR count). The Kier molecular flexibility index (Phi) is 1.97. The van der Waals surface area contributed by atoms with Crippen LogP contribution >= 0.6 is 0 Å². The molecular formula is C12H22. The fourth-order valence-corrected chi connectivity index (χ4v) is 3.53. The van der Waals surface area contributed by atoms with Gasteiger partial charge in [-0.2, -0.15) is 0 Å². The number of hydrogen-bond acceptors (Lipinski definition) is 0. The standard InChI is InChI=1S/C12H22/c1-4-9(3)11-6-7-12(11)8-10(12)5-2/h9-11H,4-8H2,1-3H3. The molecular weight excluding hydrogens is 144 g/mol. The minimum Gasteiger partial charge on any atom is -0.0651 e. The van der Waals surface area contributed by atoms with Crippen molar-refractivity contribution in [1.29, 1.82) is 0 Å². The van der Waals surface area contributed by atoms with Crippen molar-refractivity contribution in [2.45, 2.75) is 52.9 Å². The number of rotatable bonds is 3. The predicted octanol–water partition coefficient (Wildman–Crippen LogP) is 3.86. The average molecular weight is 166 g/mol. The topological polar surface area (TPSA) is 0 Å². The van der Waals surface area contributed by atoms with E-state index in [0.717, 1.165) is 23.2 Å². The smallest absolute Gasteiger partial charge is 0.0235 e. The Bertz CT molecular complexity index is 173. The normalized spacial score (nSPS) is 47.2. The van der Waals surface area contributed by atoms with Crippen LogP contribution in [0.15, 0.2) is 0 Å². The molecule has 0 aliphatic heterocycles. The molecule has 2 saturated carbocycles. The van der Waals surface area contributed by atoms with Crippen LogP contribution in [0.5, 0.6) is 0 Å². The third-order valence-electron chi connectivity index (χ3n) is 4.76. The summed E-state index contributed by atoms with van der Waals surface area (Å²) in [7, 11) is 0. The van der Waals surface area contributed by atoms with Crippen LogP contribution in [0.1, 0.15) is 52.9 Å². The van der Waals surface area contributed by atoms with Crippen molar-refractivity contribution in [2.24, 2.45) is 23.2 Å². The Balaban J connectivity index is 1.94. The molecule has 0 aromatic carbocycles. The lowest BCUT2D eigenvalue weighted by atomic mass is 9.62. The zero-order valence-electron chi connectivity index (χ0n) is 8.77. The van der Waals surface area contributed by atoms with Crippen molar-refractivity contribution >= 4 is 0 Å². The summed E-state index contributed by atoms with van der Waals surface area (Å²) in [6.45, 7) is 7.17. The maximum atomic E-state index is 2.45. The van der Waals surface area contributed by atoms with E-state index in [1.54, 1.807) is 12.8 Å². The van der Waals surface area contributed by atoms with E-state index in [4.69, 9.17) is 0 Å². The van der Waals surface area contributed by atoms with Crippen LogP contribution in [-0.4, -0.2) is 0 Å². The van der Waals surface area contributed by atoms with E-state index in [9.17, 15) is 0 Å². The Morgan fingerprint density at radius 2 is 2.17 bits per heavy atom. The summed E-state index contributed by atoms with van der Waals surface area (Å²) in [6, 6.07) is 0. The minimum absolute atomic E-state index is 0.879. The Labute approximate surface area is 76.7 Å². The van der Waals surface area contributed by atoms with Gasteiger partial charge in [0.05, 0.1) is 0 Å². The molecule has 1 spiro atoms. The van der Waals surface area contributed by atoms with E-state index >= 15 is 0 Å². The molecule has 4 unspecified atom stereocenters. The molecule has 0 aromatic rings. The van der Waals surface area contributed by atoms with E-state index in [2.05, 4.69) is 20.8 Å². The van der Waals surface area contributed by atoms with Crippen molar-refractivity contribution < 1.29 is 0 Å². The third kappa shape index (κ3) is 0.963. The van der Waals surface area contributed by atoms with Crippen molar-refractivity contribution in [3.63, 3.8) is 0 Å². The first-order chi connectivity index (χ1) is 5.74. The van der Waals surface area contributed by atoms with Gasteiger partial charge in [0.15, 0.2) is 0 Å². The highest BCUT2D eigenvalue weighted by molar-refractivity contribution is 5.12. The molecule has 70 valence electrons. The molecule has 0 radical (unpaired) electrons. The summed E-state index contributed by atoms with van der Waals surface area (Å²) in [5.41, 5.74) is 0.879. The maximum Gasteiger partial charge on any atom is -0.0235 e. The first-order valence-corrected chi connectivity index (χ1v) is 5.74. The van der Waals surface area contributed by atoms with Gasteiger partial charge >= 0.3 is 0 Å². The van der Waals surface area contributed by atoms with Gasteiger partial charge in [0.2, 0.25) is 0 Å². The SMILES string of the molecule is CCC(C)C1CCC12CC2CC. The molecule has 0 heterocycles. The first kappa shape index (κ1) is 8.59. The Hall–Kier alpha value is 0. The Morgan fingerprint density at radius 1 is 1.42 bits per heavy atom. The molecule has 12 heavy (non-hydrogen) atoms. The summed E-state index contributed by atoms with van der Waals surface area (Å²) in [5.74, 6) is 3.22. The van der Waals surface area contributed by atoms with E-state index in [0.29, 0.717) is 0 Å². The zero-order valence-corrected chi connectivity index (χ0v) is 8.77. The number of hydrogen-bond donors (Lipinski definition) is 0. The predicted molar refractivity (Wildman–Crippen MR) is 53.0 cm³/mol.